The monoisotopic (exact) mass is 482 g/mol. The third kappa shape index (κ3) is 19.5. The molecule has 0 spiro atoms. The SMILES string of the molecule is CCCCCCCCCCCCCCCCCC(=O)OCCN(C=O)C[n+]1ccccc1.[Cl-]. The summed E-state index contributed by atoms with van der Waals surface area (Å²) in [7, 11) is 0. The van der Waals surface area contributed by atoms with Crippen molar-refractivity contribution in [2.45, 2.75) is 116 Å². The van der Waals surface area contributed by atoms with Crippen LogP contribution in [0.15, 0.2) is 30.6 Å². The maximum Gasteiger partial charge on any atom is 0.305 e. The summed E-state index contributed by atoms with van der Waals surface area (Å²) in [6.45, 7) is 3.40. The van der Waals surface area contributed by atoms with E-state index in [-0.39, 0.29) is 25.0 Å². The van der Waals surface area contributed by atoms with Gasteiger partial charge in [0.25, 0.3) is 0 Å². The van der Waals surface area contributed by atoms with Gasteiger partial charge in [-0.25, -0.2) is 0 Å². The van der Waals surface area contributed by atoms with Crippen LogP contribution in [0.2, 0.25) is 0 Å². The van der Waals surface area contributed by atoms with E-state index < -0.39 is 0 Å². The second kappa shape index (κ2) is 23.5. The number of carbonyl (C=O) groups is 2. The molecule has 0 N–H and O–H groups in total. The van der Waals surface area contributed by atoms with E-state index in [1.165, 1.54) is 83.5 Å². The summed E-state index contributed by atoms with van der Waals surface area (Å²) in [5.41, 5.74) is 0. The molecule has 0 atom stereocenters. The molecule has 0 saturated heterocycles. The summed E-state index contributed by atoms with van der Waals surface area (Å²) in [6, 6.07) is 5.77. The Labute approximate surface area is 208 Å². The second-order valence-corrected chi connectivity index (χ2v) is 8.87. The number of unbranched alkanes of at least 4 members (excludes halogenated alkanes) is 14. The number of rotatable bonds is 22. The van der Waals surface area contributed by atoms with Gasteiger partial charge < -0.3 is 17.1 Å². The molecular formula is C27H47ClN2O3. The number of hydrogen-bond acceptors (Lipinski definition) is 3. The van der Waals surface area contributed by atoms with Crippen LogP contribution in [0.5, 0.6) is 0 Å². The molecule has 1 rings (SSSR count). The van der Waals surface area contributed by atoms with Crippen LogP contribution >= 0.6 is 0 Å². The van der Waals surface area contributed by atoms with Gasteiger partial charge in [-0.3, -0.25) is 14.5 Å². The maximum absolute atomic E-state index is 11.9. The molecule has 1 aromatic heterocycles. The summed E-state index contributed by atoms with van der Waals surface area (Å²) < 4.78 is 7.19. The Morgan fingerprint density at radius 2 is 1.27 bits per heavy atom. The Bertz CT molecular complexity index is 572. The summed E-state index contributed by atoms with van der Waals surface area (Å²) in [6.07, 6.45) is 24.8. The first-order valence-corrected chi connectivity index (χ1v) is 13.0. The lowest BCUT2D eigenvalue weighted by molar-refractivity contribution is -0.712. The van der Waals surface area contributed by atoms with E-state index in [9.17, 15) is 9.59 Å². The van der Waals surface area contributed by atoms with Gasteiger partial charge in [-0.15, -0.1) is 0 Å². The van der Waals surface area contributed by atoms with Gasteiger partial charge in [0.05, 0.1) is 6.54 Å². The molecule has 6 heteroatoms. The van der Waals surface area contributed by atoms with Gasteiger partial charge >= 0.3 is 5.97 Å². The maximum atomic E-state index is 11.9. The molecule has 0 aliphatic heterocycles. The fourth-order valence-electron chi connectivity index (χ4n) is 3.88. The average molecular weight is 483 g/mol. The van der Waals surface area contributed by atoms with Crippen molar-refractivity contribution in [3.63, 3.8) is 0 Å². The quantitative estimate of drug-likeness (QED) is 0.110. The first-order chi connectivity index (χ1) is 15.8. The lowest BCUT2D eigenvalue weighted by Crippen LogP contribution is -3.00. The van der Waals surface area contributed by atoms with Crippen LogP contribution in [0.1, 0.15) is 110 Å². The summed E-state index contributed by atoms with van der Waals surface area (Å²) in [4.78, 5) is 24.7. The van der Waals surface area contributed by atoms with E-state index in [0.717, 1.165) is 19.3 Å². The fourth-order valence-corrected chi connectivity index (χ4v) is 3.88. The van der Waals surface area contributed by atoms with Crippen molar-refractivity contribution >= 4 is 12.4 Å². The van der Waals surface area contributed by atoms with Crippen LogP contribution in [0.4, 0.5) is 0 Å². The molecule has 1 amide bonds. The first-order valence-electron chi connectivity index (χ1n) is 13.0. The molecule has 0 radical (unpaired) electrons. The van der Waals surface area contributed by atoms with Gasteiger partial charge in [0.1, 0.15) is 6.61 Å². The molecule has 0 bridgehead atoms. The van der Waals surface area contributed by atoms with E-state index in [1.54, 1.807) is 4.90 Å². The van der Waals surface area contributed by atoms with Crippen molar-refractivity contribution < 1.29 is 31.3 Å². The van der Waals surface area contributed by atoms with Crippen molar-refractivity contribution in [3.8, 4) is 0 Å². The number of aromatic nitrogens is 1. The van der Waals surface area contributed by atoms with Crippen molar-refractivity contribution in [2.75, 3.05) is 13.2 Å². The number of halogens is 1. The molecule has 1 aromatic rings. The van der Waals surface area contributed by atoms with Crippen molar-refractivity contribution in [1.29, 1.82) is 0 Å². The van der Waals surface area contributed by atoms with Crippen LogP contribution in [0.3, 0.4) is 0 Å². The fraction of sp³-hybridized carbons (Fsp3) is 0.741. The number of amides is 1. The van der Waals surface area contributed by atoms with Gasteiger partial charge in [0, 0.05) is 18.6 Å². The molecule has 0 aliphatic rings. The topological polar surface area (TPSA) is 50.5 Å². The number of carbonyl (C=O) groups excluding carboxylic acids is 2. The Balaban J connectivity index is 0.0000102. The minimum absolute atomic E-state index is 0. The van der Waals surface area contributed by atoms with Crippen LogP contribution < -0.4 is 17.0 Å². The summed E-state index contributed by atoms with van der Waals surface area (Å²) in [5, 5.41) is 0. The summed E-state index contributed by atoms with van der Waals surface area (Å²) in [5.74, 6) is -0.155. The number of nitrogens with zero attached hydrogens (tertiary/aromatic N) is 2. The molecule has 190 valence electrons. The van der Waals surface area contributed by atoms with Crippen molar-refractivity contribution in [2.24, 2.45) is 0 Å². The number of hydrogen-bond donors (Lipinski definition) is 0. The van der Waals surface area contributed by atoms with Gasteiger partial charge in [-0.2, -0.15) is 4.57 Å². The third-order valence-electron chi connectivity index (χ3n) is 5.90. The lowest BCUT2D eigenvalue weighted by atomic mass is 10.0. The predicted octanol–water partition coefficient (Wildman–Crippen LogP) is 3.20. The van der Waals surface area contributed by atoms with Crippen molar-refractivity contribution in [1.82, 2.24) is 4.90 Å². The summed E-state index contributed by atoms with van der Waals surface area (Å²) >= 11 is 0. The predicted molar refractivity (Wildman–Crippen MR) is 130 cm³/mol. The first kappa shape index (κ1) is 31.4. The highest BCUT2D eigenvalue weighted by Gasteiger charge is 2.09. The van der Waals surface area contributed by atoms with Crippen LogP contribution in [-0.2, 0) is 21.0 Å². The van der Waals surface area contributed by atoms with Gasteiger partial charge in [0.15, 0.2) is 12.4 Å². The van der Waals surface area contributed by atoms with Gasteiger partial charge in [0.2, 0.25) is 13.1 Å². The van der Waals surface area contributed by atoms with Gasteiger partial charge in [-0.05, 0) is 6.42 Å². The molecule has 33 heavy (non-hydrogen) atoms. The molecule has 0 aromatic carbocycles. The Hall–Kier alpha value is -1.62. The standard InChI is InChI=1S/C27H47N2O3.ClH/c1-2-3-4-5-6-7-8-9-10-11-12-13-14-15-17-20-27(31)32-24-23-29(26-30)25-28-21-18-16-19-22-28;/h16,18-19,21-22,26H,2-15,17,20,23-25H2,1H3;1H/q+1;/p-1. The largest absolute Gasteiger partial charge is 1.00 e. The zero-order chi connectivity index (χ0) is 23.1. The highest BCUT2D eigenvalue weighted by atomic mass is 35.5. The van der Waals surface area contributed by atoms with E-state index in [2.05, 4.69) is 6.92 Å². The zero-order valence-corrected chi connectivity index (χ0v) is 21.7. The van der Waals surface area contributed by atoms with Crippen LogP contribution in [0, 0.1) is 0 Å². The molecule has 0 fully saturated rings. The lowest BCUT2D eigenvalue weighted by Gasteiger charge is -2.13. The van der Waals surface area contributed by atoms with E-state index in [1.807, 2.05) is 35.2 Å². The third-order valence-corrected chi connectivity index (χ3v) is 5.90. The van der Waals surface area contributed by atoms with Crippen LogP contribution in [0.25, 0.3) is 0 Å². The molecule has 0 unspecified atom stereocenters. The Kier molecular flexibility index (Phi) is 22.4. The number of ether oxygens (including phenoxy) is 1. The molecule has 0 saturated carbocycles. The molecular weight excluding hydrogens is 436 g/mol. The molecule has 0 aliphatic carbocycles. The van der Waals surface area contributed by atoms with Crippen LogP contribution in [-0.4, -0.2) is 30.4 Å². The molecule has 1 heterocycles. The Morgan fingerprint density at radius 1 is 0.788 bits per heavy atom. The zero-order valence-electron chi connectivity index (χ0n) is 20.9. The second-order valence-electron chi connectivity index (χ2n) is 8.87. The minimum atomic E-state index is -0.155. The average Bonchev–Trinajstić information content (AvgIpc) is 2.81. The molecule has 5 nitrogen and oxygen atoms in total. The van der Waals surface area contributed by atoms with E-state index in [4.69, 9.17) is 4.74 Å². The smallest absolute Gasteiger partial charge is 0.305 e. The number of pyridine rings is 1. The normalized spacial score (nSPS) is 10.5. The Morgan fingerprint density at radius 3 is 1.76 bits per heavy atom. The van der Waals surface area contributed by atoms with Crippen molar-refractivity contribution in [3.05, 3.63) is 30.6 Å². The van der Waals surface area contributed by atoms with E-state index >= 15 is 0 Å². The van der Waals surface area contributed by atoms with E-state index in [0.29, 0.717) is 19.6 Å². The van der Waals surface area contributed by atoms with Gasteiger partial charge in [-0.1, -0.05) is 103 Å². The highest BCUT2D eigenvalue weighted by Crippen LogP contribution is 2.13. The minimum Gasteiger partial charge on any atom is -1.00 e. The highest BCUT2D eigenvalue weighted by molar-refractivity contribution is 5.69. The number of esters is 1.